The van der Waals surface area contributed by atoms with E-state index >= 15 is 0 Å². The summed E-state index contributed by atoms with van der Waals surface area (Å²) in [6.45, 7) is 1.72. The van der Waals surface area contributed by atoms with Gasteiger partial charge in [-0.15, -0.1) is 5.10 Å². The number of aromatic hydroxyl groups is 1. The lowest BCUT2D eigenvalue weighted by Gasteiger charge is -2.05. The zero-order valence-electron chi connectivity index (χ0n) is 10.8. The number of aromatic amines is 1. The van der Waals surface area contributed by atoms with Crippen molar-refractivity contribution in [2.24, 2.45) is 0 Å². The molecule has 0 aliphatic heterocycles. The van der Waals surface area contributed by atoms with Crippen LogP contribution in [-0.2, 0) is 14.9 Å². The Bertz CT molecular complexity index is 783. The van der Waals surface area contributed by atoms with E-state index in [4.69, 9.17) is 9.29 Å². The Morgan fingerprint density at radius 1 is 1.38 bits per heavy atom. The van der Waals surface area contributed by atoms with Crippen LogP contribution in [0, 0.1) is 0 Å². The number of ether oxygens (including phenoxy) is 1. The van der Waals surface area contributed by atoms with Gasteiger partial charge in [-0.25, -0.2) is 4.79 Å². The molecule has 0 saturated carbocycles. The number of carbonyl (C=O) groups is 1. The van der Waals surface area contributed by atoms with E-state index < -0.39 is 21.0 Å². The SMILES string of the molecule is CCOC(=O)c1n[nH]nc1-c1cc(S(=O)(=O)O)ccc1O. The average Bonchev–Trinajstić information content (AvgIpc) is 2.87. The number of aromatic nitrogens is 3. The summed E-state index contributed by atoms with van der Waals surface area (Å²) >= 11 is 0. The zero-order valence-corrected chi connectivity index (χ0v) is 11.6. The average molecular weight is 313 g/mol. The Kier molecular flexibility index (Phi) is 3.91. The molecule has 9 nitrogen and oxygen atoms in total. The molecular weight excluding hydrogens is 302 g/mol. The number of phenolic OH excluding ortho intramolecular Hbond substituents is 1. The van der Waals surface area contributed by atoms with Crippen LogP contribution in [0.5, 0.6) is 5.75 Å². The molecule has 0 unspecified atom stereocenters. The van der Waals surface area contributed by atoms with Crippen molar-refractivity contribution in [3.8, 4) is 17.0 Å². The van der Waals surface area contributed by atoms with Crippen molar-refractivity contribution in [3.05, 3.63) is 23.9 Å². The van der Waals surface area contributed by atoms with Crippen molar-refractivity contribution in [2.45, 2.75) is 11.8 Å². The summed E-state index contributed by atoms with van der Waals surface area (Å²) in [6, 6.07) is 3.05. The van der Waals surface area contributed by atoms with E-state index in [9.17, 15) is 18.3 Å². The van der Waals surface area contributed by atoms with Crippen molar-refractivity contribution in [1.29, 1.82) is 0 Å². The Morgan fingerprint density at radius 2 is 2.10 bits per heavy atom. The summed E-state index contributed by atoms with van der Waals surface area (Å²) < 4.78 is 36.0. The third-order valence-corrected chi connectivity index (χ3v) is 3.39. The molecule has 0 atom stereocenters. The van der Waals surface area contributed by atoms with Gasteiger partial charge in [-0.05, 0) is 25.1 Å². The summed E-state index contributed by atoms with van der Waals surface area (Å²) in [6.07, 6.45) is 0. The third kappa shape index (κ3) is 3.01. The molecular formula is C11H11N3O6S. The van der Waals surface area contributed by atoms with Crippen LogP contribution < -0.4 is 0 Å². The van der Waals surface area contributed by atoms with Gasteiger partial charge in [-0.3, -0.25) is 4.55 Å². The molecule has 0 fully saturated rings. The molecule has 0 bridgehead atoms. The minimum absolute atomic E-state index is 0.0815. The topological polar surface area (TPSA) is 142 Å². The van der Waals surface area contributed by atoms with Gasteiger partial charge in [-0.2, -0.15) is 18.7 Å². The quantitative estimate of drug-likeness (QED) is 0.550. The molecule has 2 rings (SSSR count). The molecule has 112 valence electrons. The molecule has 0 aliphatic rings. The van der Waals surface area contributed by atoms with Gasteiger partial charge >= 0.3 is 5.97 Å². The van der Waals surface area contributed by atoms with Crippen LogP contribution in [0.25, 0.3) is 11.3 Å². The largest absolute Gasteiger partial charge is 0.507 e. The van der Waals surface area contributed by atoms with Gasteiger partial charge in [0.05, 0.1) is 11.5 Å². The predicted octanol–water partition coefficient (Wildman–Crippen LogP) is 0.601. The van der Waals surface area contributed by atoms with E-state index in [0.717, 1.165) is 18.2 Å². The highest BCUT2D eigenvalue weighted by Crippen LogP contribution is 2.31. The van der Waals surface area contributed by atoms with Crippen LogP contribution in [0.1, 0.15) is 17.4 Å². The Labute approximate surface area is 119 Å². The smallest absolute Gasteiger partial charge is 0.361 e. The molecule has 1 heterocycles. The van der Waals surface area contributed by atoms with Crippen LogP contribution >= 0.6 is 0 Å². The van der Waals surface area contributed by atoms with Gasteiger partial charge < -0.3 is 9.84 Å². The van der Waals surface area contributed by atoms with Gasteiger partial charge in [0, 0.05) is 5.56 Å². The van der Waals surface area contributed by atoms with E-state index in [0.29, 0.717) is 0 Å². The Hall–Kier alpha value is -2.46. The third-order valence-electron chi connectivity index (χ3n) is 2.54. The van der Waals surface area contributed by atoms with Gasteiger partial charge in [-0.1, -0.05) is 0 Å². The second kappa shape index (κ2) is 5.50. The fraction of sp³-hybridized carbons (Fsp3) is 0.182. The molecule has 21 heavy (non-hydrogen) atoms. The maximum Gasteiger partial charge on any atom is 0.361 e. The first-order valence-corrected chi connectivity index (χ1v) is 7.17. The highest BCUT2D eigenvalue weighted by Gasteiger charge is 2.23. The van der Waals surface area contributed by atoms with E-state index in [1.807, 2.05) is 0 Å². The lowest BCUT2D eigenvalue weighted by molar-refractivity contribution is 0.0520. The highest BCUT2D eigenvalue weighted by molar-refractivity contribution is 7.85. The normalized spacial score (nSPS) is 11.3. The fourth-order valence-electron chi connectivity index (χ4n) is 1.63. The molecule has 0 radical (unpaired) electrons. The van der Waals surface area contributed by atoms with Crippen molar-refractivity contribution in [1.82, 2.24) is 15.4 Å². The monoisotopic (exact) mass is 313 g/mol. The number of nitrogens with zero attached hydrogens (tertiary/aromatic N) is 2. The number of hydrogen-bond acceptors (Lipinski definition) is 7. The molecule has 10 heteroatoms. The molecule has 1 aromatic heterocycles. The summed E-state index contributed by atoms with van der Waals surface area (Å²) in [7, 11) is -4.46. The molecule has 3 N–H and O–H groups in total. The minimum Gasteiger partial charge on any atom is -0.507 e. The van der Waals surface area contributed by atoms with Crippen molar-refractivity contribution >= 4 is 16.1 Å². The van der Waals surface area contributed by atoms with Crippen molar-refractivity contribution in [3.63, 3.8) is 0 Å². The van der Waals surface area contributed by atoms with Crippen molar-refractivity contribution < 1.29 is 27.6 Å². The highest BCUT2D eigenvalue weighted by atomic mass is 32.2. The minimum atomic E-state index is -4.46. The van der Waals surface area contributed by atoms with Gasteiger partial charge in [0.25, 0.3) is 10.1 Å². The standard InChI is InChI=1S/C11H11N3O6S/c1-2-20-11(16)10-9(12-14-13-10)7-5-6(21(17,18)19)3-4-8(7)15/h3-5,15H,2H2,1H3,(H,12,13,14)(H,17,18,19). The molecule has 0 amide bonds. The first-order valence-electron chi connectivity index (χ1n) is 5.73. The first-order chi connectivity index (χ1) is 9.84. The Morgan fingerprint density at radius 3 is 2.71 bits per heavy atom. The van der Waals surface area contributed by atoms with Gasteiger partial charge in [0.2, 0.25) is 0 Å². The number of H-pyrrole nitrogens is 1. The lowest BCUT2D eigenvalue weighted by Crippen LogP contribution is -2.07. The van der Waals surface area contributed by atoms with Crippen LogP contribution in [0.4, 0.5) is 0 Å². The van der Waals surface area contributed by atoms with E-state index in [-0.39, 0.29) is 29.3 Å². The number of phenols is 1. The molecule has 1 aromatic carbocycles. The van der Waals surface area contributed by atoms with E-state index in [2.05, 4.69) is 15.4 Å². The van der Waals surface area contributed by atoms with Gasteiger partial charge in [0.15, 0.2) is 5.69 Å². The summed E-state index contributed by atoms with van der Waals surface area (Å²) in [5.41, 5.74) is -0.377. The molecule has 2 aromatic rings. The Balaban J connectivity index is 2.58. The van der Waals surface area contributed by atoms with Crippen LogP contribution in [0.3, 0.4) is 0 Å². The summed E-state index contributed by atoms with van der Waals surface area (Å²) in [5, 5.41) is 19.3. The maximum atomic E-state index is 11.7. The number of hydrogen-bond donors (Lipinski definition) is 3. The predicted molar refractivity (Wildman–Crippen MR) is 69.3 cm³/mol. The first kappa shape index (κ1) is 14.9. The summed E-state index contributed by atoms with van der Waals surface area (Å²) in [5.74, 6) is -1.11. The van der Waals surface area contributed by atoms with Gasteiger partial charge in [0.1, 0.15) is 11.4 Å². The van der Waals surface area contributed by atoms with Crippen LogP contribution in [0.15, 0.2) is 23.1 Å². The number of nitrogens with one attached hydrogen (secondary N) is 1. The molecule has 0 spiro atoms. The number of rotatable bonds is 4. The number of esters is 1. The maximum absolute atomic E-state index is 11.7. The number of benzene rings is 1. The fourth-order valence-corrected chi connectivity index (χ4v) is 2.13. The van der Waals surface area contributed by atoms with Crippen LogP contribution in [0.2, 0.25) is 0 Å². The molecule has 0 saturated heterocycles. The number of carbonyl (C=O) groups excluding carboxylic acids is 1. The van der Waals surface area contributed by atoms with Crippen LogP contribution in [-0.4, -0.2) is 46.1 Å². The van der Waals surface area contributed by atoms with E-state index in [1.54, 1.807) is 6.92 Å². The zero-order chi connectivity index (χ0) is 15.6. The summed E-state index contributed by atoms with van der Waals surface area (Å²) in [4.78, 5) is 11.2. The second-order valence-electron chi connectivity index (χ2n) is 3.90. The second-order valence-corrected chi connectivity index (χ2v) is 5.32. The molecule has 0 aliphatic carbocycles. The van der Waals surface area contributed by atoms with E-state index in [1.165, 1.54) is 0 Å². The lowest BCUT2D eigenvalue weighted by atomic mass is 10.1. The van der Waals surface area contributed by atoms with Crippen molar-refractivity contribution in [2.75, 3.05) is 6.61 Å².